The van der Waals surface area contributed by atoms with Gasteiger partial charge in [-0.1, -0.05) is 17.6 Å². The van der Waals surface area contributed by atoms with Crippen molar-refractivity contribution in [2.45, 2.75) is 6.92 Å². The van der Waals surface area contributed by atoms with Gasteiger partial charge in [0.2, 0.25) is 0 Å². The number of rotatable bonds is 0. The highest BCUT2D eigenvalue weighted by Gasteiger charge is 2.08. The minimum atomic E-state index is 0.937. The zero-order valence-electron chi connectivity index (χ0n) is 9.99. The molecular weight excluding hydrogens is 206 g/mol. The molecule has 0 aliphatic carbocycles. The minimum Gasteiger partial charge on any atom is -0.344 e. The maximum absolute atomic E-state index is 5.46. The fraction of sp³-hybridized carbons (Fsp3) is 0.125. The van der Waals surface area contributed by atoms with Crippen LogP contribution in [0.15, 0.2) is 36.4 Å². The fourth-order valence-electron chi connectivity index (χ4n) is 2.42. The van der Waals surface area contributed by atoms with Gasteiger partial charge in [0.05, 0.1) is 0 Å². The van der Waals surface area contributed by atoms with E-state index in [1.54, 1.807) is 0 Å². The van der Waals surface area contributed by atoms with Crippen LogP contribution in [0.5, 0.6) is 0 Å². The Kier molecular flexibility index (Phi) is 2.00. The molecule has 1 aromatic heterocycles. The van der Waals surface area contributed by atoms with E-state index in [2.05, 4.69) is 54.8 Å². The van der Waals surface area contributed by atoms with Crippen molar-refractivity contribution in [1.82, 2.24) is 4.57 Å². The van der Waals surface area contributed by atoms with Crippen LogP contribution in [-0.2, 0) is 7.05 Å². The molecule has 1 nitrogen and oxygen atoms in total. The average Bonchev–Trinajstić information content (AvgIpc) is 2.62. The van der Waals surface area contributed by atoms with Crippen LogP contribution in [-0.4, -0.2) is 4.57 Å². The number of fused-ring (bicyclic) bond motifs is 3. The number of aryl methyl sites for hydroxylation is 2. The molecule has 0 radical (unpaired) electrons. The smallest absolute Gasteiger partial charge is 0.0489 e. The van der Waals surface area contributed by atoms with Gasteiger partial charge in [-0.3, -0.25) is 0 Å². The molecule has 0 fully saturated rings. The second-order valence-electron chi connectivity index (χ2n) is 4.46. The Labute approximate surface area is 101 Å². The van der Waals surface area contributed by atoms with Crippen LogP contribution in [0.1, 0.15) is 11.1 Å². The number of terminal acetylenes is 1. The Balaban J connectivity index is 2.57. The Morgan fingerprint density at radius 2 is 1.65 bits per heavy atom. The number of aromatic nitrogens is 1. The van der Waals surface area contributed by atoms with Gasteiger partial charge < -0.3 is 4.57 Å². The molecule has 0 N–H and O–H groups in total. The summed E-state index contributed by atoms with van der Waals surface area (Å²) in [5.74, 6) is 2.70. The predicted octanol–water partition coefficient (Wildman–Crippen LogP) is 3.62. The molecule has 82 valence electrons. The number of hydrogen-bond acceptors (Lipinski definition) is 0. The molecule has 2 aromatic carbocycles. The van der Waals surface area contributed by atoms with Gasteiger partial charge in [0.1, 0.15) is 0 Å². The maximum Gasteiger partial charge on any atom is 0.0489 e. The van der Waals surface area contributed by atoms with E-state index in [0.717, 1.165) is 5.56 Å². The van der Waals surface area contributed by atoms with E-state index < -0.39 is 0 Å². The van der Waals surface area contributed by atoms with Gasteiger partial charge >= 0.3 is 0 Å². The lowest BCUT2D eigenvalue weighted by molar-refractivity contribution is 1.01. The van der Waals surface area contributed by atoms with Crippen molar-refractivity contribution >= 4 is 21.8 Å². The van der Waals surface area contributed by atoms with Crippen molar-refractivity contribution in [3.05, 3.63) is 47.5 Å². The average molecular weight is 219 g/mol. The number of benzene rings is 2. The lowest BCUT2D eigenvalue weighted by Gasteiger charge is -1.97. The van der Waals surface area contributed by atoms with Crippen LogP contribution in [0.3, 0.4) is 0 Å². The number of nitrogens with zero attached hydrogens (tertiary/aromatic N) is 1. The molecule has 0 atom stereocenters. The van der Waals surface area contributed by atoms with Crippen LogP contribution in [0.4, 0.5) is 0 Å². The van der Waals surface area contributed by atoms with Crippen molar-refractivity contribution in [1.29, 1.82) is 0 Å². The molecular formula is C16H13N. The van der Waals surface area contributed by atoms with Crippen LogP contribution < -0.4 is 0 Å². The lowest BCUT2D eigenvalue weighted by atomic mass is 10.1. The van der Waals surface area contributed by atoms with Crippen LogP contribution >= 0.6 is 0 Å². The van der Waals surface area contributed by atoms with Gasteiger partial charge in [-0.25, -0.2) is 0 Å². The van der Waals surface area contributed by atoms with Crippen molar-refractivity contribution < 1.29 is 0 Å². The van der Waals surface area contributed by atoms with Gasteiger partial charge in [-0.05, 0) is 37.3 Å². The van der Waals surface area contributed by atoms with Crippen molar-refractivity contribution in [2.24, 2.45) is 7.05 Å². The second kappa shape index (κ2) is 3.40. The van der Waals surface area contributed by atoms with E-state index in [-0.39, 0.29) is 0 Å². The standard InChI is InChI=1S/C16H13N/c1-4-12-6-8-16-14(10-12)13-9-11(2)5-7-15(13)17(16)3/h1,5-10H,2-3H3. The molecule has 1 heterocycles. The molecule has 3 rings (SSSR count). The first kappa shape index (κ1) is 9.99. The Morgan fingerprint density at radius 1 is 1.00 bits per heavy atom. The lowest BCUT2D eigenvalue weighted by Crippen LogP contribution is -1.86. The molecule has 0 saturated heterocycles. The summed E-state index contributed by atoms with van der Waals surface area (Å²) in [6.45, 7) is 2.11. The zero-order chi connectivity index (χ0) is 12.0. The summed E-state index contributed by atoms with van der Waals surface area (Å²) in [6.07, 6.45) is 5.46. The van der Waals surface area contributed by atoms with E-state index in [1.807, 2.05) is 6.07 Å². The Morgan fingerprint density at radius 3 is 2.35 bits per heavy atom. The molecule has 1 heteroatoms. The molecule has 0 saturated carbocycles. The molecule has 0 unspecified atom stereocenters. The summed E-state index contributed by atoms with van der Waals surface area (Å²) in [5.41, 5.74) is 4.69. The maximum atomic E-state index is 5.46. The van der Waals surface area contributed by atoms with E-state index in [4.69, 9.17) is 6.42 Å². The Bertz CT molecular complexity index is 769. The molecule has 0 spiro atoms. The first-order valence-electron chi connectivity index (χ1n) is 5.66. The quantitative estimate of drug-likeness (QED) is 0.509. The van der Waals surface area contributed by atoms with E-state index in [0.29, 0.717) is 0 Å². The third kappa shape index (κ3) is 1.34. The summed E-state index contributed by atoms with van der Waals surface area (Å²) in [6, 6.07) is 12.7. The van der Waals surface area contributed by atoms with Gasteiger partial charge in [0, 0.05) is 34.4 Å². The highest BCUT2D eigenvalue weighted by molar-refractivity contribution is 6.08. The van der Waals surface area contributed by atoms with E-state index >= 15 is 0 Å². The molecule has 0 bridgehead atoms. The molecule has 3 aromatic rings. The summed E-state index contributed by atoms with van der Waals surface area (Å²) in [7, 11) is 2.09. The van der Waals surface area contributed by atoms with Crippen LogP contribution in [0, 0.1) is 19.3 Å². The second-order valence-corrected chi connectivity index (χ2v) is 4.46. The monoisotopic (exact) mass is 219 g/mol. The molecule has 0 amide bonds. The minimum absolute atomic E-state index is 0.937. The van der Waals surface area contributed by atoms with Crippen molar-refractivity contribution in [3.8, 4) is 12.3 Å². The van der Waals surface area contributed by atoms with E-state index in [1.165, 1.54) is 27.4 Å². The van der Waals surface area contributed by atoms with Gasteiger partial charge in [-0.2, -0.15) is 0 Å². The Hall–Kier alpha value is -2.20. The predicted molar refractivity (Wildman–Crippen MR) is 73.1 cm³/mol. The summed E-state index contributed by atoms with van der Waals surface area (Å²) >= 11 is 0. The van der Waals surface area contributed by atoms with Crippen LogP contribution in [0.25, 0.3) is 21.8 Å². The normalized spacial score (nSPS) is 10.9. The number of hydrogen-bond donors (Lipinski definition) is 0. The third-order valence-electron chi connectivity index (χ3n) is 3.33. The van der Waals surface area contributed by atoms with Crippen molar-refractivity contribution in [3.63, 3.8) is 0 Å². The summed E-state index contributed by atoms with van der Waals surface area (Å²) in [5, 5.41) is 2.52. The molecule has 0 aliphatic heterocycles. The van der Waals surface area contributed by atoms with Crippen molar-refractivity contribution in [2.75, 3.05) is 0 Å². The first-order valence-corrected chi connectivity index (χ1v) is 5.66. The third-order valence-corrected chi connectivity index (χ3v) is 3.33. The first-order chi connectivity index (χ1) is 8.20. The van der Waals surface area contributed by atoms with Gasteiger partial charge in [0.25, 0.3) is 0 Å². The summed E-state index contributed by atoms with van der Waals surface area (Å²) < 4.78 is 2.21. The zero-order valence-corrected chi connectivity index (χ0v) is 9.99. The van der Waals surface area contributed by atoms with Crippen LogP contribution in [0.2, 0.25) is 0 Å². The van der Waals surface area contributed by atoms with Gasteiger partial charge in [0.15, 0.2) is 0 Å². The fourth-order valence-corrected chi connectivity index (χ4v) is 2.42. The molecule has 17 heavy (non-hydrogen) atoms. The SMILES string of the molecule is C#Cc1ccc2c(c1)c1cc(C)ccc1n2C. The molecule has 0 aliphatic rings. The summed E-state index contributed by atoms with van der Waals surface area (Å²) in [4.78, 5) is 0. The topological polar surface area (TPSA) is 4.93 Å². The largest absolute Gasteiger partial charge is 0.344 e. The van der Waals surface area contributed by atoms with Gasteiger partial charge in [-0.15, -0.1) is 6.42 Å². The van der Waals surface area contributed by atoms with E-state index in [9.17, 15) is 0 Å². The highest BCUT2D eigenvalue weighted by Crippen LogP contribution is 2.29. The highest BCUT2D eigenvalue weighted by atomic mass is 14.9.